The lowest BCUT2D eigenvalue weighted by atomic mass is 10.1. The summed E-state index contributed by atoms with van der Waals surface area (Å²) in [5.74, 6) is 1.52. The first kappa shape index (κ1) is 15.4. The molecule has 1 rings (SSSR count). The number of rotatable bonds is 8. The molecule has 0 heterocycles. The second-order valence-corrected chi connectivity index (χ2v) is 6.14. The van der Waals surface area contributed by atoms with Crippen molar-refractivity contribution in [1.29, 1.82) is 0 Å². The second-order valence-electron chi connectivity index (χ2n) is 4.52. The third-order valence-corrected chi connectivity index (χ3v) is 4.59. The molecule has 3 heteroatoms. The zero-order valence-electron chi connectivity index (χ0n) is 11.7. The van der Waals surface area contributed by atoms with E-state index in [2.05, 4.69) is 50.4 Å². The molecule has 0 saturated heterocycles. The highest BCUT2D eigenvalue weighted by atomic mass is 32.2. The molecule has 0 aliphatic rings. The first-order chi connectivity index (χ1) is 8.71. The first-order valence-electron chi connectivity index (χ1n) is 6.88. The molecule has 2 unspecified atom stereocenters. The maximum absolute atomic E-state index is 11.9. The van der Waals surface area contributed by atoms with Crippen LogP contribution in [0, 0.1) is 0 Å². The Kier molecular flexibility index (Phi) is 7.21. The molecule has 2 atom stereocenters. The van der Waals surface area contributed by atoms with Gasteiger partial charge in [0.05, 0.1) is 0 Å². The van der Waals surface area contributed by atoms with Crippen LogP contribution >= 0.6 is 0 Å². The van der Waals surface area contributed by atoms with E-state index in [1.165, 1.54) is 11.1 Å². The Morgan fingerprint density at radius 1 is 1.17 bits per heavy atom. The van der Waals surface area contributed by atoms with E-state index in [1.807, 2.05) is 0 Å². The van der Waals surface area contributed by atoms with Crippen LogP contribution in [-0.4, -0.2) is 22.3 Å². The van der Waals surface area contributed by atoms with Gasteiger partial charge in [0.2, 0.25) is 0 Å². The molecule has 0 saturated carbocycles. The summed E-state index contributed by atoms with van der Waals surface area (Å²) in [6, 6.07) is 8.88. The van der Waals surface area contributed by atoms with Crippen molar-refractivity contribution in [2.75, 3.05) is 18.1 Å². The Labute approximate surface area is 114 Å². The molecule has 18 heavy (non-hydrogen) atoms. The molecule has 0 aliphatic heterocycles. The van der Waals surface area contributed by atoms with Gasteiger partial charge in [-0.15, -0.1) is 0 Å². The van der Waals surface area contributed by atoms with Crippen molar-refractivity contribution in [3.8, 4) is 0 Å². The van der Waals surface area contributed by atoms with Crippen LogP contribution in [-0.2, 0) is 17.2 Å². The van der Waals surface area contributed by atoms with Crippen molar-refractivity contribution in [2.45, 2.75) is 39.7 Å². The predicted molar refractivity (Wildman–Crippen MR) is 80.4 cm³/mol. The number of hydrogen-bond donors (Lipinski definition) is 1. The number of benzene rings is 1. The molecule has 2 nitrogen and oxygen atoms in total. The molecule has 0 bridgehead atoms. The fraction of sp³-hybridized carbons (Fsp3) is 0.600. The van der Waals surface area contributed by atoms with Crippen LogP contribution in [0.4, 0.5) is 0 Å². The first-order valence-corrected chi connectivity index (χ1v) is 8.37. The molecule has 0 spiro atoms. The van der Waals surface area contributed by atoms with Crippen LogP contribution in [0.5, 0.6) is 0 Å². The van der Waals surface area contributed by atoms with Crippen molar-refractivity contribution in [3.63, 3.8) is 0 Å². The van der Waals surface area contributed by atoms with Crippen molar-refractivity contribution in [2.24, 2.45) is 0 Å². The summed E-state index contributed by atoms with van der Waals surface area (Å²) in [6.45, 7) is 7.24. The maximum Gasteiger partial charge on any atom is 0.0436 e. The minimum atomic E-state index is -0.722. The van der Waals surface area contributed by atoms with Crippen LogP contribution < -0.4 is 5.32 Å². The van der Waals surface area contributed by atoms with E-state index in [0.29, 0.717) is 5.75 Å². The Morgan fingerprint density at radius 2 is 1.83 bits per heavy atom. The van der Waals surface area contributed by atoms with Crippen molar-refractivity contribution < 1.29 is 4.21 Å². The minimum Gasteiger partial charge on any atom is -0.309 e. The quantitative estimate of drug-likeness (QED) is 0.784. The molecule has 0 radical (unpaired) electrons. The van der Waals surface area contributed by atoms with Gasteiger partial charge in [-0.25, -0.2) is 0 Å². The van der Waals surface area contributed by atoms with Gasteiger partial charge >= 0.3 is 0 Å². The Morgan fingerprint density at radius 3 is 2.33 bits per heavy atom. The van der Waals surface area contributed by atoms with Crippen LogP contribution in [0.1, 0.15) is 44.4 Å². The monoisotopic (exact) mass is 267 g/mol. The smallest absolute Gasteiger partial charge is 0.0436 e. The third kappa shape index (κ3) is 4.91. The molecule has 1 N–H and O–H groups in total. The van der Waals surface area contributed by atoms with E-state index >= 15 is 0 Å². The van der Waals surface area contributed by atoms with Crippen molar-refractivity contribution >= 4 is 10.8 Å². The van der Waals surface area contributed by atoms with Crippen molar-refractivity contribution in [3.05, 3.63) is 35.4 Å². The summed E-state index contributed by atoms with van der Waals surface area (Å²) >= 11 is 0. The summed E-state index contributed by atoms with van der Waals surface area (Å²) in [4.78, 5) is 0. The molecule has 1 aromatic carbocycles. The normalized spacial score (nSPS) is 14.4. The zero-order chi connectivity index (χ0) is 13.4. The summed E-state index contributed by atoms with van der Waals surface area (Å²) in [6.07, 6.45) is 2.05. The van der Waals surface area contributed by atoms with Gasteiger partial charge in [-0.3, -0.25) is 4.21 Å². The highest BCUT2D eigenvalue weighted by Gasteiger charge is 2.13. The molecule has 0 amide bonds. The van der Waals surface area contributed by atoms with Crippen LogP contribution in [0.15, 0.2) is 24.3 Å². The Balaban J connectivity index is 2.72. The van der Waals surface area contributed by atoms with E-state index in [9.17, 15) is 4.21 Å². The fourth-order valence-corrected chi connectivity index (χ4v) is 3.31. The van der Waals surface area contributed by atoms with Gasteiger partial charge in [0.15, 0.2) is 0 Å². The van der Waals surface area contributed by atoms with Gasteiger partial charge in [0.25, 0.3) is 0 Å². The summed E-state index contributed by atoms with van der Waals surface area (Å²) < 4.78 is 11.9. The van der Waals surface area contributed by atoms with Crippen LogP contribution in [0.3, 0.4) is 0 Å². The molecule has 102 valence electrons. The van der Waals surface area contributed by atoms with E-state index in [1.54, 1.807) is 0 Å². The average Bonchev–Trinajstić information content (AvgIpc) is 2.39. The molecular formula is C15H25NOS. The fourth-order valence-electron chi connectivity index (χ4n) is 2.00. The molecule has 0 aliphatic carbocycles. The van der Waals surface area contributed by atoms with Gasteiger partial charge in [0.1, 0.15) is 0 Å². The number of aryl methyl sites for hydroxylation is 1. The van der Waals surface area contributed by atoms with Gasteiger partial charge in [0, 0.05) is 28.3 Å². The zero-order valence-corrected chi connectivity index (χ0v) is 12.6. The summed E-state index contributed by atoms with van der Waals surface area (Å²) in [7, 11) is -0.722. The van der Waals surface area contributed by atoms with Gasteiger partial charge in [-0.2, -0.15) is 0 Å². The van der Waals surface area contributed by atoms with Gasteiger partial charge in [-0.1, -0.05) is 45.0 Å². The molecule has 1 aromatic rings. The maximum atomic E-state index is 11.9. The molecule has 0 fully saturated rings. The third-order valence-electron chi connectivity index (χ3n) is 3.03. The summed E-state index contributed by atoms with van der Waals surface area (Å²) in [5.41, 5.74) is 2.60. The lowest BCUT2D eigenvalue weighted by Gasteiger charge is -2.18. The van der Waals surface area contributed by atoms with Crippen LogP contribution in [0.25, 0.3) is 0 Å². The molecule has 0 aromatic heterocycles. The number of hydrogen-bond acceptors (Lipinski definition) is 2. The Hall–Kier alpha value is -0.670. The van der Waals surface area contributed by atoms with E-state index < -0.39 is 10.8 Å². The summed E-state index contributed by atoms with van der Waals surface area (Å²) in [5, 5.41) is 3.43. The SMILES string of the molecule is CCCS(=O)CC(NCC)c1ccc(CC)cc1. The van der Waals surface area contributed by atoms with Gasteiger partial charge in [-0.05, 0) is 30.5 Å². The number of nitrogens with one attached hydrogen (secondary N) is 1. The van der Waals surface area contributed by atoms with Crippen LogP contribution in [0.2, 0.25) is 0 Å². The average molecular weight is 267 g/mol. The lowest BCUT2D eigenvalue weighted by molar-refractivity contribution is 0.594. The Bertz CT molecular complexity index is 361. The van der Waals surface area contributed by atoms with Crippen molar-refractivity contribution in [1.82, 2.24) is 5.32 Å². The van der Waals surface area contributed by atoms with Gasteiger partial charge < -0.3 is 5.32 Å². The van der Waals surface area contributed by atoms with E-state index in [4.69, 9.17) is 0 Å². The predicted octanol–water partition coefficient (Wildman–Crippen LogP) is 3.06. The second kappa shape index (κ2) is 8.44. The van der Waals surface area contributed by atoms with E-state index in [0.717, 1.165) is 25.1 Å². The highest BCUT2D eigenvalue weighted by Crippen LogP contribution is 2.16. The minimum absolute atomic E-state index is 0.216. The van der Waals surface area contributed by atoms with E-state index in [-0.39, 0.29) is 6.04 Å². The standard InChI is InChI=1S/C15H25NOS/c1-4-11-18(17)12-15(16-6-3)14-9-7-13(5-2)8-10-14/h7-10,15-16H,4-6,11-12H2,1-3H3. The molecular weight excluding hydrogens is 242 g/mol. The highest BCUT2D eigenvalue weighted by molar-refractivity contribution is 7.85. The lowest BCUT2D eigenvalue weighted by Crippen LogP contribution is -2.26. The largest absolute Gasteiger partial charge is 0.309 e. The topological polar surface area (TPSA) is 29.1 Å².